The van der Waals surface area contributed by atoms with Crippen LogP contribution in [0.15, 0.2) is 48.0 Å². The zero-order valence-electron chi connectivity index (χ0n) is 14.7. The highest BCUT2D eigenvalue weighted by Gasteiger charge is 2.20. The number of pyridine rings is 1. The second kappa shape index (κ2) is 7.65. The fraction of sp³-hybridized carbons (Fsp3) is 0.381. The summed E-state index contributed by atoms with van der Waals surface area (Å²) in [5.74, 6) is 0. The molecule has 0 spiro atoms. The van der Waals surface area contributed by atoms with Crippen molar-refractivity contribution in [2.24, 2.45) is 0 Å². The third-order valence-corrected chi connectivity index (χ3v) is 6.02. The van der Waals surface area contributed by atoms with E-state index >= 15 is 0 Å². The Morgan fingerprint density at radius 3 is 3.08 bits per heavy atom. The van der Waals surface area contributed by atoms with E-state index in [1.165, 1.54) is 40.8 Å². The van der Waals surface area contributed by atoms with Gasteiger partial charge in [-0.25, -0.2) is 0 Å². The number of likely N-dealkylation sites (tertiary alicyclic amines) is 1. The smallest absolute Gasteiger partial charge is 0.0705 e. The Bertz CT molecular complexity index is 828. The van der Waals surface area contributed by atoms with Crippen molar-refractivity contribution in [2.45, 2.75) is 38.9 Å². The maximum atomic E-state index is 4.50. The Morgan fingerprint density at radius 2 is 2.20 bits per heavy atom. The van der Waals surface area contributed by atoms with Gasteiger partial charge < -0.3 is 5.32 Å². The van der Waals surface area contributed by atoms with E-state index in [2.05, 4.69) is 57.8 Å². The van der Waals surface area contributed by atoms with E-state index in [4.69, 9.17) is 0 Å². The molecule has 1 aliphatic heterocycles. The summed E-state index contributed by atoms with van der Waals surface area (Å²) in [7, 11) is 0. The maximum absolute atomic E-state index is 4.50. The number of piperidine rings is 1. The lowest BCUT2D eigenvalue weighted by Gasteiger charge is -2.33. The van der Waals surface area contributed by atoms with E-state index in [9.17, 15) is 0 Å². The highest BCUT2D eigenvalue weighted by molar-refractivity contribution is 7.09. The van der Waals surface area contributed by atoms with Crippen LogP contribution >= 0.6 is 11.3 Å². The maximum Gasteiger partial charge on any atom is 0.0705 e. The zero-order valence-corrected chi connectivity index (χ0v) is 15.6. The fourth-order valence-corrected chi connectivity index (χ4v) is 4.54. The molecule has 0 amide bonds. The second-order valence-corrected chi connectivity index (χ2v) is 8.00. The molecule has 1 atom stereocenters. The number of aryl methyl sites for hydroxylation is 1. The van der Waals surface area contributed by atoms with E-state index in [0.29, 0.717) is 6.04 Å². The van der Waals surface area contributed by atoms with E-state index in [1.807, 2.05) is 23.6 Å². The van der Waals surface area contributed by atoms with Crippen LogP contribution in [0.2, 0.25) is 0 Å². The largest absolute Gasteiger partial charge is 0.309 e. The van der Waals surface area contributed by atoms with Crippen molar-refractivity contribution in [3.63, 3.8) is 0 Å². The summed E-state index contributed by atoms with van der Waals surface area (Å²) in [6, 6.07) is 13.5. The van der Waals surface area contributed by atoms with Gasteiger partial charge in [0, 0.05) is 42.1 Å². The first-order valence-corrected chi connectivity index (χ1v) is 9.99. The molecule has 25 heavy (non-hydrogen) atoms. The SMILES string of the molecule is Cc1ccc2ncccc2c1CNC1CCCN(Cc2cccs2)C1. The summed E-state index contributed by atoms with van der Waals surface area (Å²) in [4.78, 5) is 8.55. The van der Waals surface area contributed by atoms with E-state index in [-0.39, 0.29) is 0 Å². The zero-order chi connectivity index (χ0) is 17.1. The van der Waals surface area contributed by atoms with Crippen LogP contribution in [0, 0.1) is 6.92 Å². The van der Waals surface area contributed by atoms with Gasteiger partial charge in [-0.1, -0.05) is 18.2 Å². The Labute approximate surface area is 153 Å². The molecule has 1 aromatic carbocycles. The molecule has 130 valence electrons. The summed E-state index contributed by atoms with van der Waals surface area (Å²) < 4.78 is 0. The Kier molecular flexibility index (Phi) is 5.11. The average molecular weight is 352 g/mol. The van der Waals surface area contributed by atoms with Gasteiger partial charge in [0.1, 0.15) is 0 Å². The average Bonchev–Trinajstić information content (AvgIpc) is 3.14. The molecule has 4 heteroatoms. The third kappa shape index (κ3) is 3.92. The van der Waals surface area contributed by atoms with Crippen molar-refractivity contribution >= 4 is 22.2 Å². The van der Waals surface area contributed by atoms with Gasteiger partial charge in [0.2, 0.25) is 0 Å². The van der Waals surface area contributed by atoms with E-state index < -0.39 is 0 Å². The third-order valence-electron chi connectivity index (χ3n) is 5.16. The van der Waals surface area contributed by atoms with Crippen LogP contribution in [0.1, 0.15) is 28.8 Å². The van der Waals surface area contributed by atoms with Crippen LogP contribution < -0.4 is 5.32 Å². The molecular weight excluding hydrogens is 326 g/mol. The number of nitrogens with one attached hydrogen (secondary N) is 1. The summed E-state index contributed by atoms with van der Waals surface area (Å²) >= 11 is 1.86. The van der Waals surface area contributed by atoms with Crippen LogP contribution in [0.4, 0.5) is 0 Å². The predicted molar refractivity (Wildman–Crippen MR) is 106 cm³/mol. The molecule has 0 radical (unpaired) electrons. The molecule has 1 fully saturated rings. The van der Waals surface area contributed by atoms with Crippen molar-refractivity contribution < 1.29 is 0 Å². The Hall–Kier alpha value is -1.75. The normalized spacial score (nSPS) is 18.7. The molecule has 3 aromatic rings. The Balaban J connectivity index is 1.42. The molecule has 1 N–H and O–H groups in total. The van der Waals surface area contributed by atoms with Crippen LogP contribution in [-0.2, 0) is 13.1 Å². The lowest BCUT2D eigenvalue weighted by atomic mass is 10.0. The number of rotatable bonds is 5. The van der Waals surface area contributed by atoms with Crippen molar-refractivity contribution in [1.29, 1.82) is 0 Å². The van der Waals surface area contributed by atoms with Gasteiger partial charge >= 0.3 is 0 Å². The molecule has 3 nitrogen and oxygen atoms in total. The lowest BCUT2D eigenvalue weighted by Crippen LogP contribution is -2.45. The van der Waals surface area contributed by atoms with Crippen molar-refractivity contribution in [1.82, 2.24) is 15.2 Å². The summed E-state index contributed by atoms with van der Waals surface area (Å²) in [6.45, 7) is 6.57. The van der Waals surface area contributed by atoms with E-state index in [0.717, 1.165) is 25.2 Å². The molecule has 0 saturated carbocycles. The highest BCUT2D eigenvalue weighted by atomic mass is 32.1. The molecule has 0 aliphatic carbocycles. The standard InChI is InChI=1S/C21H25N3S/c1-16-8-9-21-19(7-2-10-22-21)20(16)13-23-17-5-3-11-24(14-17)15-18-6-4-12-25-18/h2,4,6-10,12,17,23H,3,5,11,13-15H2,1H3. The molecule has 1 saturated heterocycles. The molecule has 2 aromatic heterocycles. The first kappa shape index (κ1) is 16.7. The van der Waals surface area contributed by atoms with Crippen LogP contribution in [0.25, 0.3) is 10.9 Å². The molecular formula is C21H25N3S. The van der Waals surface area contributed by atoms with Gasteiger partial charge in [-0.15, -0.1) is 11.3 Å². The minimum Gasteiger partial charge on any atom is -0.309 e. The number of fused-ring (bicyclic) bond motifs is 1. The second-order valence-electron chi connectivity index (χ2n) is 6.97. The van der Waals surface area contributed by atoms with Gasteiger partial charge in [-0.2, -0.15) is 0 Å². The van der Waals surface area contributed by atoms with Gasteiger partial charge in [0.25, 0.3) is 0 Å². The van der Waals surface area contributed by atoms with Crippen molar-refractivity contribution in [3.8, 4) is 0 Å². The van der Waals surface area contributed by atoms with Crippen LogP contribution in [0.3, 0.4) is 0 Å². The van der Waals surface area contributed by atoms with E-state index in [1.54, 1.807) is 0 Å². The first-order valence-electron chi connectivity index (χ1n) is 9.11. The molecule has 0 bridgehead atoms. The number of benzene rings is 1. The van der Waals surface area contributed by atoms with Crippen molar-refractivity contribution in [2.75, 3.05) is 13.1 Å². The number of hydrogen-bond donors (Lipinski definition) is 1. The van der Waals surface area contributed by atoms with Gasteiger partial charge in [-0.3, -0.25) is 9.88 Å². The van der Waals surface area contributed by atoms with Gasteiger partial charge in [0.05, 0.1) is 5.52 Å². The minimum atomic E-state index is 0.569. The molecule has 4 rings (SSSR count). The highest BCUT2D eigenvalue weighted by Crippen LogP contribution is 2.22. The molecule has 3 heterocycles. The van der Waals surface area contributed by atoms with Crippen molar-refractivity contribution in [3.05, 3.63) is 64.0 Å². The predicted octanol–water partition coefficient (Wildman–Crippen LogP) is 4.36. The number of aromatic nitrogens is 1. The lowest BCUT2D eigenvalue weighted by molar-refractivity contribution is 0.184. The molecule has 1 unspecified atom stereocenters. The summed E-state index contributed by atoms with van der Waals surface area (Å²) in [5.41, 5.74) is 3.83. The minimum absolute atomic E-state index is 0.569. The van der Waals surface area contributed by atoms with Gasteiger partial charge in [0.15, 0.2) is 0 Å². The number of hydrogen-bond acceptors (Lipinski definition) is 4. The topological polar surface area (TPSA) is 28.2 Å². The monoisotopic (exact) mass is 351 g/mol. The summed E-state index contributed by atoms with van der Waals surface area (Å²) in [6.07, 6.45) is 4.42. The number of nitrogens with zero attached hydrogens (tertiary/aromatic N) is 2. The molecule has 1 aliphatic rings. The van der Waals surface area contributed by atoms with Crippen LogP contribution in [0.5, 0.6) is 0 Å². The van der Waals surface area contributed by atoms with Crippen LogP contribution in [-0.4, -0.2) is 29.0 Å². The van der Waals surface area contributed by atoms with Gasteiger partial charge in [-0.05, 0) is 61.0 Å². The number of thiophene rings is 1. The fourth-order valence-electron chi connectivity index (χ4n) is 3.79. The first-order chi connectivity index (χ1) is 12.3. The quantitative estimate of drug-likeness (QED) is 0.740. The summed E-state index contributed by atoms with van der Waals surface area (Å²) in [5, 5.41) is 7.27. The Morgan fingerprint density at radius 1 is 1.24 bits per heavy atom.